The fraction of sp³-hybridized carbons (Fsp3) is 0.722. The third-order valence-corrected chi connectivity index (χ3v) is 12.9. The molecule has 2 bridgehead atoms. The number of fused-ring (bicyclic) bond motifs is 3. The summed E-state index contributed by atoms with van der Waals surface area (Å²) in [5, 5.41) is 2.38. The molecule has 3 saturated heterocycles. The summed E-state index contributed by atoms with van der Waals surface area (Å²) in [4.78, 5) is 57.0. The second-order valence-corrected chi connectivity index (χ2v) is 15.4. The van der Waals surface area contributed by atoms with Gasteiger partial charge in [0.15, 0.2) is 0 Å². The standard InChI is InChI=1S/C36H48N4O5/c1-21-14-29(24-15-23(21)16-24)35(43)38-12-10-22(11-13-38)26-18-39(19-26)30-4-2-3-5-32(30)45-27-6-7-28-25(17-27)20-40(36(28)44)31-8-9-33(41)37-34(31)42/h6-7,17,21-24,26,29-32H,2-5,8-16,18-20H2,1H3,(H,37,41,42)/t21?,23?,24?,29-,30+,31?,32+/m1/s1. The summed E-state index contributed by atoms with van der Waals surface area (Å²) in [5.41, 5.74) is 1.51. The van der Waals surface area contributed by atoms with Crippen molar-refractivity contribution >= 4 is 23.6 Å². The van der Waals surface area contributed by atoms with Crippen LogP contribution < -0.4 is 10.1 Å². The van der Waals surface area contributed by atoms with Crippen LogP contribution in [0.4, 0.5) is 0 Å². The van der Waals surface area contributed by atoms with Crippen LogP contribution in [0.2, 0.25) is 0 Å². The van der Waals surface area contributed by atoms with E-state index in [0.717, 1.165) is 87.3 Å². The molecule has 9 heteroatoms. The van der Waals surface area contributed by atoms with Gasteiger partial charge in [0.05, 0.1) is 0 Å². The van der Waals surface area contributed by atoms with Crippen molar-refractivity contribution in [3.63, 3.8) is 0 Å². The number of hydrogen-bond donors (Lipinski definition) is 1. The molecular formula is C36H48N4O5. The van der Waals surface area contributed by atoms with Crippen LogP contribution in [0.1, 0.15) is 93.5 Å². The Labute approximate surface area is 266 Å². The lowest BCUT2D eigenvalue weighted by Gasteiger charge is -2.53. The fourth-order valence-corrected chi connectivity index (χ4v) is 9.96. The first kappa shape index (κ1) is 29.5. The number of piperidine rings is 2. The molecule has 4 heterocycles. The van der Waals surface area contributed by atoms with Crippen LogP contribution >= 0.6 is 0 Å². The molecule has 5 atom stereocenters. The van der Waals surface area contributed by atoms with E-state index in [0.29, 0.717) is 48.2 Å². The topological polar surface area (TPSA) is 99.3 Å². The number of rotatable bonds is 6. The molecule has 9 rings (SSSR count). The summed E-state index contributed by atoms with van der Waals surface area (Å²) in [6.45, 7) is 6.86. The number of amides is 4. The Kier molecular flexibility index (Phi) is 7.66. The average molecular weight is 617 g/mol. The lowest BCUT2D eigenvalue weighted by molar-refractivity contribution is -0.147. The molecule has 0 radical (unpaired) electrons. The zero-order valence-electron chi connectivity index (χ0n) is 26.6. The van der Waals surface area contributed by atoms with E-state index >= 15 is 0 Å². The van der Waals surface area contributed by atoms with E-state index in [1.54, 1.807) is 4.90 Å². The first-order chi connectivity index (χ1) is 21.8. The molecule has 4 aliphatic carbocycles. The smallest absolute Gasteiger partial charge is 0.255 e. The first-order valence-corrected chi connectivity index (χ1v) is 17.8. The second kappa shape index (κ2) is 11.7. The number of ether oxygens (including phenoxy) is 1. The molecule has 7 fully saturated rings. The van der Waals surface area contributed by atoms with Gasteiger partial charge in [-0.25, -0.2) is 0 Å². The Morgan fingerprint density at radius 3 is 2.42 bits per heavy atom. The van der Waals surface area contributed by atoms with Gasteiger partial charge < -0.3 is 14.5 Å². The molecule has 4 aliphatic heterocycles. The van der Waals surface area contributed by atoms with Crippen LogP contribution in [0.5, 0.6) is 5.75 Å². The van der Waals surface area contributed by atoms with E-state index in [4.69, 9.17) is 4.74 Å². The molecule has 1 aromatic carbocycles. The zero-order valence-corrected chi connectivity index (χ0v) is 26.6. The van der Waals surface area contributed by atoms with Gasteiger partial charge >= 0.3 is 0 Å². The van der Waals surface area contributed by atoms with E-state index in [9.17, 15) is 19.2 Å². The molecule has 0 spiro atoms. The van der Waals surface area contributed by atoms with Crippen LogP contribution in [0.25, 0.3) is 0 Å². The molecule has 45 heavy (non-hydrogen) atoms. The minimum atomic E-state index is -0.604. The van der Waals surface area contributed by atoms with Crippen molar-refractivity contribution in [1.29, 1.82) is 0 Å². The van der Waals surface area contributed by atoms with Gasteiger partial charge in [0.2, 0.25) is 17.7 Å². The maximum atomic E-state index is 13.4. The zero-order chi connectivity index (χ0) is 30.8. The van der Waals surface area contributed by atoms with Crippen molar-refractivity contribution in [1.82, 2.24) is 20.0 Å². The van der Waals surface area contributed by atoms with Crippen molar-refractivity contribution in [3.8, 4) is 5.75 Å². The van der Waals surface area contributed by atoms with Crippen molar-refractivity contribution in [3.05, 3.63) is 29.3 Å². The molecule has 8 aliphatic rings. The lowest BCUT2D eigenvalue weighted by atomic mass is 9.55. The molecule has 1 aromatic rings. The Bertz CT molecular complexity index is 1360. The summed E-state index contributed by atoms with van der Waals surface area (Å²) in [6.07, 6.45) is 11.3. The largest absolute Gasteiger partial charge is 0.489 e. The van der Waals surface area contributed by atoms with E-state index in [1.165, 1.54) is 25.7 Å². The van der Waals surface area contributed by atoms with E-state index in [2.05, 4.69) is 22.0 Å². The molecule has 2 unspecified atom stereocenters. The quantitative estimate of drug-likeness (QED) is 0.486. The van der Waals surface area contributed by atoms with Gasteiger partial charge in [0.25, 0.3) is 5.91 Å². The maximum absolute atomic E-state index is 13.4. The Morgan fingerprint density at radius 2 is 1.67 bits per heavy atom. The summed E-state index contributed by atoms with van der Waals surface area (Å²) < 4.78 is 6.66. The fourth-order valence-electron chi connectivity index (χ4n) is 9.96. The minimum absolute atomic E-state index is 0.129. The lowest BCUT2D eigenvalue weighted by Crippen LogP contribution is -2.60. The molecular weight excluding hydrogens is 568 g/mol. The Hall–Kier alpha value is -2.94. The van der Waals surface area contributed by atoms with Crippen molar-refractivity contribution in [2.45, 2.75) is 102 Å². The highest BCUT2D eigenvalue weighted by Gasteiger charge is 2.49. The van der Waals surface area contributed by atoms with E-state index in [1.807, 2.05) is 18.2 Å². The van der Waals surface area contributed by atoms with Gasteiger partial charge in [-0.2, -0.15) is 0 Å². The normalized spacial score (nSPS) is 35.8. The van der Waals surface area contributed by atoms with Gasteiger partial charge in [-0.05, 0) is 111 Å². The summed E-state index contributed by atoms with van der Waals surface area (Å²) in [7, 11) is 0. The monoisotopic (exact) mass is 616 g/mol. The summed E-state index contributed by atoms with van der Waals surface area (Å²) >= 11 is 0. The van der Waals surface area contributed by atoms with Gasteiger partial charge in [0.1, 0.15) is 17.9 Å². The van der Waals surface area contributed by atoms with Crippen LogP contribution in [0.3, 0.4) is 0 Å². The SMILES string of the molecule is CC1C[C@@H](C(=O)N2CCC(C3CN([C@H]4CCCC[C@@H]4Oc4ccc5c(c4)CN(C4CCC(=O)NC4=O)C5=O)C3)CC2)C2CC1C2. The molecule has 4 saturated carbocycles. The predicted octanol–water partition coefficient (Wildman–Crippen LogP) is 3.99. The molecule has 0 aromatic heterocycles. The second-order valence-electron chi connectivity index (χ2n) is 15.4. The van der Waals surface area contributed by atoms with Gasteiger partial charge in [0, 0.05) is 56.7 Å². The van der Waals surface area contributed by atoms with Gasteiger partial charge in [-0.1, -0.05) is 13.3 Å². The third-order valence-electron chi connectivity index (χ3n) is 12.9. The van der Waals surface area contributed by atoms with Gasteiger partial charge in [-0.3, -0.25) is 29.4 Å². The number of likely N-dealkylation sites (tertiary alicyclic amines) is 2. The summed E-state index contributed by atoms with van der Waals surface area (Å²) in [5.74, 6) is 4.44. The van der Waals surface area contributed by atoms with Crippen LogP contribution in [-0.4, -0.2) is 82.7 Å². The van der Waals surface area contributed by atoms with E-state index < -0.39 is 6.04 Å². The molecule has 9 nitrogen and oxygen atoms in total. The van der Waals surface area contributed by atoms with Crippen LogP contribution in [0, 0.1) is 35.5 Å². The number of carbonyl (C=O) groups is 4. The Balaban J connectivity index is 0.840. The van der Waals surface area contributed by atoms with Crippen molar-refractivity contribution in [2.75, 3.05) is 26.2 Å². The van der Waals surface area contributed by atoms with Gasteiger partial charge in [-0.15, -0.1) is 0 Å². The number of nitrogens with zero attached hydrogens (tertiary/aromatic N) is 3. The third kappa shape index (κ3) is 5.36. The maximum Gasteiger partial charge on any atom is 0.255 e. The molecule has 1 N–H and O–H groups in total. The molecule has 4 amide bonds. The number of imide groups is 1. The number of benzene rings is 1. The van der Waals surface area contributed by atoms with Crippen molar-refractivity contribution in [2.24, 2.45) is 35.5 Å². The van der Waals surface area contributed by atoms with E-state index in [-0.39, 0.29) is 30.2 Å². The number of nitrogens with one attached hydrogen (secondary N) is 1. The average Bonchev–Trinajstić information content (AvgIpc) is 3.31. The highest BCUT2D eigenvalue weighted by atomic mass is 16.5. The summed E-state index contributed by atoms with van der Waals surface area (Å²) in [6, 6.07) is 5.53. The first-order valence-electron chi connectivity index (χ1n) is 17.8. The minimum Gasteiger partial charge on any atom is -0.489 e. The van der Waals surface area contributed by atoms with Crippen LogP contribution in [0.15, 0.2) is 18.2 Å². The molecule has 242 valence electrons. The number of carbonyl (C=O) groups excluding carboxylic acids is 4. The number of hydrogen-bond acceptors (Lipinski definition) is 6. The highest BCUT2D eigenvalue weighted by molar-refractivity contribution is 6.05. The van der Waals surface area contributed by atoms with Crippen molar-refractivity contribution < 1.29 is 23.9 Å². The predicted molar refractivity (Wildman–Crippen MR) is 167 cm³/mol. The highest BCUT2D eigenvalue weighted by Crippen LogP contribution is 2.52. The Morgan fingerprint density at radius 1 is 0.889 bits per heavy atom. The van der Waals surface area contributed by atoms with Crippen LogP contribution in [-0.2, 0) is 20.9 Å².